The van der Waals surface area contributed by atoms with Crippen molar-refractivity contribution in [2.24, 2.45) is 11.7 Å². The van der Waals surface area contributed by atoms with Crippen molar-refractivity contribution >= 4 is 17.2 Å². The monoisotopic (exact) mass is 302 g/mol. The van der Waals surface area contributed by atoms with E-state index in [1.807, 2.05) is 0 Å². The van der Waals surface area contributed by atoms with Crippen LogP contribution in [0.15, 0.2) is 11.4 Å². The molecular formula is C14H20F2N2OS. The van der Waals surface area contributed by atoms with Crippen LogP contribution in [-0.4, -0.2) is 18.5 Å². The molecule has 1 amide bonds. The van der Waals surface area contributed by atoms with Crippen molar-refractivity contribution in [2.45, 2.75) is 44.6 Å². The first-order chi connectivity index (χ1) is 9.63. The third kappa shape index (κ3) is 3.55. The summed E-state index contributed by atoms with van der Waals surface area (Å²) in [6, 6.07) is 1.19. The molecule has 1 aliphatic carbocycles. The van der Waals surface area contributed by atoms with Gasteiger partial charge in [-0.1, -0.05) is 19.3 Å². The molecule has 1 unspecified atom stereocenters. The Hall–Kier alpha value is -1.01. The molecule has 0 aliphatic heterocycles. The topological polar surface area (TPSA) is 55.1 Å². The SMILES string of the molecule is NCC(NC(=O)c1sccc1C(F)F)C1CCCCC1. The predicted octanol–water partition coefficient (Wildman–Crippen LogP) is 3.32. The molecule has 0 spiro atoms. The fourth-order valence-corrected chi connectivity index (χ4v) is 3.63. The van der Waals surface area contributed by atoms with Gasteiger partial charge in [0.2, 0.25) is 0 Å². The number of alkyl halides is 2. The van der Waals surface area contributed by atoms with Crippen molar-refractivity contribution in [1.29, 1.82) is 0 Å². The number of thiophene rings is 1. The minimum Gasteiger partial charge on any atom is -0.347 e. The van der Waals surface area contributed by atoms with Crippen LogP contribution in [0.4, 0.5) is 8.78 Å². The third-order valence-electron chi connectivity index (χ3n) is 3.93. The molecule has 0 bridgehead atoms. The maximum absolute atomic E-state index is 12.8. The molecule has 1 aliphatic rings. The predicted molar refractivity (Wildman–Crippen MR) is 76.2 cm³/mol. The van der Waals surface area contributed by atoms with E-state index in [4.69, 9.17) is 5.73 Å². The van der Waals surface area contributed by atoms with Gasteiger partial charge in [0, 0.05) is 18.2 Å². The zero-order valence-electron chi connectivity index (χ0n) is 11.3. The van der Waals surface area contributed by atoms with E-state index in [1.165, 1.54) is 17.9 Å². The van der Waals surface area contributed by atoms with E-state index in [-0.39, 0.29) is 16.5 Å². The van der Waals surface area contributed by atoms with Crippen LogP contribution in [0.1, 0.15) is 53.8 Å². The van der Waals surface area contributed by atoms with Crippen molar-refractivity contribution in [1.82, 2.24) is 5.32 Å². The van der Waals surface area contributed by atoms with Gasteiger partial charge in [0.05, 0.1) is 0 Å². The highest BCUT2D eigenvalue weighted by atomic mass is 32.1. The molecule has 0 radical (unpaired) electrons. The average Bonchev–Trinajstić information content (AvgIpc) is 2.95. The number of rotatable bonds is 5. The molecule has 2 rings (SSSR count). The van der Waals surface area contributed by atoms with Crippen LogP contribution in [0.2, 0.25) is 0 Å². The van der Waals surface area contributed by atoms with Gasteiger partial charge in [-0.05, 0) is 30.2 Å². The Morgan fingerprint density at radius 3 is 2.70 bits per heavy atom. The Morgan fingerprint density at radius 1 is 1.40 bits per heavy atom. The largest absolute Gasteiger partial charge is 0.347 e. The number of carbonyl (C=O) groups is 1. The molecule has 1 atom stereocenters. The van der Waals surface area contributed by atoms with E-state index in [0.717, 1.165) is 37.0 Å². The Labute approximate surface area is 121 Å². The van der Waals surface area contributed by atoms with Gasteiger partial charge in [-0.3, -0.25) is 4.79 Å². The zero-order chi connectivity index (χ0) is 14.5. The zero-order valence-corrected chi connectivity index (χ0v) is 12.1. The van der Waals surface area contributed by atoms with E-state index in [0.29, 0.717) is 12.5 Å². The molecule has 20 heavy (non-hydrogen) atoms. The molecule has 112 valence electrons. The second-order valence-corrected chi connectivity index (χ2v) is 6.14. The van der Waals surface area contributed by atoms with Crippen molar-refractivity contribution in [2.75, 3.05) is 6.54 Å². The molecule has 3 nitrogen and oxygen atoms in total. The van der Waals surface area contributed by atoms with Gasteiger partial charge < -0.3 is 11.1 Å². The van der Waals surface area contributed by atoms with Gasteiger partial charge in [0.1, 0.15) is 4.88 Å². The summed E-state index contributed by atoms with van der Waals surface area (Å²) in [5.41, 5.74) is 5.56. The molecule has 1 aromatic rings. The first-order valence-corrected chi connectivity index (χ1v) is 7.88. The van der Waals surface area contributed by atoms with Crippen molar-refractivity contribution in [3.8, 4) is 0 Å². The molecule has 3 N–H and O–H groups in total. The number of carbonyl (C=O) groups excluding carboxylic acids is 1. The summed E-state index contributed by atoms with van der Waals surface area (Å²) in [6.45, 7) is 0.353. The Balaban J connectivity index is 2.03. The second kappa shape index (κ2) is 7.13. The average molecular weight is 302 g/mol. The molecule has 1 fully saturated rings. The van der Waals surface area contributed by atoms with Gasteiger partial charge in [-0.25, -0.2) is 8.78 Å². The van der Waals surface area contributed by atoms with Gasteiger partial charge >= 0.3 is 0 Å². The van der Waals surface area contributed by atoms with Crippen LogP contribution in [0.3, 0.4) is 0 Å². The second-order valence-electron chi connectivity index (χ2n) is 5.22. The first-order valence-electron chi connectivity index (χ1n) is 7.00. The number of amides is 1. The van der Waals surface area contributed by atoms with Crippen molar-refractivity contribution in [3.05, 3.63) is 21.9 Å². The normalized spacial score (nSPS) is 18.2. The summed E-state index contributed by atoms with van der Waals surface area (Å²) in [4.78, 5) is 12.3. The van der Waals surface area contributed by atoms with Crippen molar-refractivity contribution < 1.29 is 13.6 Å². The smallest absolute Gasteiger partial charge is 0.265 e. The first kappa shape index (κ1) is 15.4. The fraction of sp³-hybridized carbons (Fsp3) is 0.643. The molecule has 1 aromatic heterocycles. The summed E-state index contributed by atoms with van der Waals surface area (Å²) in [6.07, 6.45) is 3.01. The van der Waals surface area contributed by atoms with Gasteiger partial charge in [0.15, 0.2) is 0 Å². The lowest BCUT2D eigenvalue weighted by molar-refractivity contribution is 0.0908. The number of nitrogens with two attached hydrogens (primary N) is 1. The van der Waals surface area contributed by atoms with E-state index < -0.39 is 12.3 Å². The highest BCUT2D eigenvalue weighted by molar-refractivity contribution is 7.12. The van der Waals surface area contributed by atoms with Gasteiger partial charge in [-0.2, -0.15) is 0 Å². The van der Waals surface area contributed by atoms with Crippen LogP contribution in [0.25, 0.3) is 0 Å². The lowest BCUT2D eigenvalue weighted by atomic mass is 9.84. The molecule has 0 aromatic carbocycles. The number of hydrogen-bond donors (Lipinski definition) is 2. The van der Waals surface area contributed by atoms with Gasteiger partial charge in [0.25, 0.3) is 12.3 Å². The lowest BCUT2D eigenvalue weighted by Gasteiger charge is -2.30. The lowest BCUT2D eigenvalue weighted by Crippen LogP contribution is -2.45. The Kier molecular flexibility index (Phi) is 5.48. The van der Waals surface area contributed by atoms with E-state index in [2.05, 4.69) is 5.32 Å². The Bertz CT molecular complexity index is 444. The standard InChI is InChI=1S/C14H20F2N2OS/c15-13(16)10-6-7-20-12(10)14(19)18-11(8-17)9-4-2-1-3-5-9/h6-7,9,11,13H,1-5,8,17H2,(H,18,19). The van der Waals surface area contributed by atoms with Crippen molar-refractivity contribution in [3.63, 3.8) is 0 Å². The maximum atomic E-state index is 12.8. The van der Waals surface area contributed by atoms with E-state index >= 15 is 0 Å². The van der Waals surface area contributed by atoms with Crippen LogP contribution >= 0.6 is 11.3 Å². The Morgan fingerprint density at radius 2 is 2.10 bits per heavy atom. The fourth-order valence-electron chi connectivity index (χ4n) is 2.82. The van der Waals surface area contributed by atoms with E-state index in [1.54, 1.807) is 0 Å². The highest BCUT2D eigenvalue weighted by Gasteiger charge is 2.26. The summed E-state index contributed by atoms with van der Waals surface area (Å²) >= 11 is 1.05. The summed E-state index contributed by atoms with van der Waals surface area (Å²) in [7, 11) is 0. The van der Waals surface area contributed by atoms with Crippen LogP contribution < -0.4 is 11.1 Å². The summed E-state index contributed by atoms with van der Waals surface area (Å²) in [5, 5.41) is 4.37. The van der Waals surface area contributed by atoms with Crippen LogP contribution in [0, 0.1) is 5.92 Å². The molecule has 1 heterocycles. The number of halogens is 2. The molecule has 0 saturated heterocycles. The number of hydrogen-bond acceptors (Lipinski definition) is 3. The summed E-state index contributed by atoms with van der Waals surface area (Å²) < 4.78 is 25.6. The molecule has 6 heteroatoms. The minimum atomic E-state index is -2.62. The van der Waals surface area contributed by atoms with Gasteiger partial charge in [-0.15, -0.1) is 11.3 Å². The quantitative estimate of drug-likeness (QED) is 0.876. The van der Waals surface area contributed by atoms with Crippen LogP contribution in [-0.2, 0) is 0 Å². The highest BCUT2D eigenvalue weighted by Crippen LogP contribution is 2.29. The molecule has 1 saturated carbocycles. The molecular weight excluding hydrogens is 282 g/mol. The number of nitrogens with one attached hydrogen (secondary N) is 1. The maximum Gasteiger partial charge on any atom is 0.265 e. The minimum absolute atomic E-state index is 0.106. The third-order valence-corrected chi connectivity index (χ3v) is 4.86. The van der Waals surface area contributed by atoms with Crippen LogP contribution in [0.5, 0.6) is 0 Å². The summed E-state index contributed by atoms with van der Waals surface area (Å²) in [5.74, 6) is -0.0519. The van der Waals surface area contributed by atoms with E-state index in [9.17, 15) is 13.6 Å².